The van der Waals surface area contributed by atoms with Gasteiger partial charge in [0, 0.05) is 11.9 Å². The molecule has 15 heavy (non-hydrogen) atoms. The second-order valence-corrected chi connectivity index (χ2v) is 4.95. The first-order valence-electron chi connectivity index (χ1n) is 6.25. The van der Waals surface area contributed by atoms with E-state index < -0.39 is 0 Å². The molecule has 1 aliphatic carbocycles. The summed E-state index contributed by atoms with van der Waals surface area (Å²) in [5.41, 5.74) is 4.32. The molecule has 0 radical (unpaired) electrons. The number of aromatic nitrogens is 1. The van der Waals surface area contributed by atoms with E-state index >= 15 is 0 Å². The first-order valence-corrected chi connectivity index (χ1v) is 6.25. The Morgan fingerprint density at radius 2 is 1.67 bits per heavy atom. The molecule has 0 saturated carbocycles. The summed E-state index contributed by atoms with van der Waals surface area (Å²) in [6.07, 6.45) is 10.1. The van der Waals surface area contributed by atoms with Crippen molar-refractivity contribution in [3.8, 4) is 0 Å². The summed E-state index contributed by atoms with van der Waals surface area (Å²) in [5.74, 6) is 0.556. The van der Waals surface area contributed by atoms with Crippen molar-refractivity contribution in [2.75, 3.05) is 0 Å². The van der Waals surface area contributed by atoms with Gasteiger partial charge in [-0.15, -0.1) is 0 Å². The zero-order valence-corrected chi connectivity index (χ0v) is 9.92. The van der Waals surface area contributed by atoms with Crippen molar-refractivity contribution in [2.24, 2.45) is 0 Å². The molecule has 0 spiro atoms. The van der Waals surface area contributed by atoms with Crippen LogP contribution in [0.2, 0.25) is 0 Å². The maximum atomic E-state index is 4.56. The minimum atomic E-state index is 0.556. The van der Waals surface area contributed by atoms with Crippen LogP contribution in [0.3, 0.4) is 0 Å². The van der Waals surface area contributed by atoms with Crippen LogP contribution in [0.5, 0.6) is 0 Å². The molecule has 0 atom stereocenters. The van der Waals surface area contributed by atoms with Crippen LogP contribution in [-0.2, 0) is 12.8 Å². The average Bonchev–Trinajstić information content (AvgIpc) is 2.18. The lowest BCUT2D eigenvalue weighted by Crippen LogP contribution is -2.03. The average molecular weight is 203 g/mol. The topological polar surface area (TPSA) is 12.9 Å². The maximum Gasteiger partial charge on any atom is 0.0431 e. The summed E-state index contributed by atoms with van der Waals surface area (Å²) in [5, 5.41) is 0. The van der Waals surface area contributed by atoms with Crippen LogP contribution in [0.1, 0.15) is 62.3 Å². The fourth-order valence-corrected chi connectivity index (χ4v) is 2.30. The number of pyridine rings is 1. The molecule has 1 aromatic heterocycles. The van der Waals surface area contributed by atoms with Crippen molar-refractivity contribution in [2.45, 2.75) is 58.3 Å². The first-order chi connectivity index (χ1) is 7.27. The third-order valence-electron chi connectivity index (χ3n) is 3.34. The van der Waals surface area contributed by atoms with Crippen molar-refractivity contribution in [3.05, 3.63) is 29.1 Å². The van der Waals surface area contributed by atoms with Crippen LogP contribution in [0, 0.1) is 0 Å². The highest BCUT2D eigenvalue weighted by atomic mass is 14.7. The molecule has 1 nitrogen and oxygen atoms in total. The highest BCUT2D eigenvalue weighted by Gasteiger charge is 2.09. The molecule has 2 rings (SSSR count). The summed E-state index contributed by atoms with van der Waals surface area (Å²) >= 11 is 0. The second-order valence-electron chi connectivity index (χ2n) is 4.95. The highest BCUT2D eigenvalue weighted by Crippen LogP contribution is 2.22. The van der Waals surface area contributed by atoms with Gasteiger partial charge in [0.2, 0.25) is 0 Å². The van der Waals surface area contributed by atoms with E-state index in [0.717, 1.165) is 0 Å². The molecule has 0 amide bonds. The van der Waals surface area contributed by atoms with Crippen molar-refractivity contribution in [3.63, 3.8) is 0 Å². The lowest BCUT2D eigenvalue weighted by molar-refractivity contribution is 0.613. The number of nitrogens with zero attached hydrogens (tertiary/aromatic N) is 1. The van der Waals surface area contributed by atoms with E-state index in [-0.39, 0.29) is 0 Å². The Morgan fingerprint density at radius 3 is 2.33 bits per heavy atom. The smallest absolute Gasteiger partial charge is 0.0431 e. The van der Waals surface area contributed by atoms with Gasteiger partial charge in [0.05, 0.1) is 0 Å². The lowest BCUT2D eigenvalue weighted by Gasteiger charge is -2.15. The van der Waals surface area contributed by atoms with E-state index in [0.29, 0.717) is 5.92 Å². The number of fused-ring (bicyclic) bond motifs is 1. The number of hydrogen-bond donors (Lipinski definition) is 0. The predicted molar refractivity (Wildman–Crippen MR) is 64.2 cm³/mol. The predicted octanol–water partition coefficient (Wildman–Crippen LogP) is 3.86. The van der Waals surface area contributed by atoms with Crippen LogP contribution in [-0.4, -0.2) is 4.98 Å². The van der Waals surface area contributed by atoms with E-state index in [1.54, 1.807) is 5.56 Å². The first kappa shape index (κ1) is 10.7. The normalized spacial score (nSPS) is 17.0. The molecule has 82 valence electrons. The van der Waals surface area contributed by atoms with Gasteiger partial charge in [0.25, 0.3) is 0 Å². The molecule has 0 aromatic carbocycles. The standard InChI is InChI=1S/C14H21N/c1-11(2)14-9-12-7-5-3-4-6-8-13(12)10-15-14/h9-11H,3-8H2,1-2H3. The Kier molecular flexibility index (Phi) is 3.40. The van der Waals surface area contributed by atoms with Gasteiger partial charge in [0.1, 0.15) is 0 Å². The quantitative estimate of drug-likeness (QED) is 0.675. The zero-order chi connectivity index (χ0) is 10.7. The van der Waals surface area contributed by atoms with E-state index in [9.17, 15) is 0 Å². The van der Waals surface area contributed by atoms with Gasteiger partial charge in [-0.1, -0.05) is 26.7 Å². The van der Waals surface area contributed by atoms with E-state index in [1.807, 2.05) is 0 Å². The Balaban J connectivity index is 2.27. The molecule has 0 N–H and O–H groups in total. The summed E-state index contributed by atoms with van der Waals surface area (Å²) < 4.78 is 0. The SMILES string of the molecule is CC(C)c1cc2c(cn1)CCCCCC2. The largest absolute Gasteiger partial charge is 0.261 e. The van der Waals surface area contributed by atoms with Gasteiger partial charge in [-0.05, 0) is 48.8 Å². The van der Waals surface area contributed by atoms with Gasteiger partial charge in [-0.3, -0.25) is 4.98 Å². The molecule has 0 bridgehead atoms. The molecular weight excluding hydrogens is 182 g/mol. The lowest BCUT2D eigenvalue weighted by atomic mass is 9.93. The third-order valence-corrected chi connectivity index (χ3v) is 3.34. The Hall–Kier alpha value is -0.850. The van der Waals surface area contributed by atoms with E-state index in [4.69, 9.17) is 0 Å². The van der Waals surface area contributed by atoms with Crippen LogP contribution >= 0.6 is 0 Å². The van der Waals surface area contributed by atoms with Crippen molar-refractivity contribution in [1.82, 2.24) is 4.98 Å². The van der Waals surface area contributed by atoms with Gasteiger partial charge in [0.15, 0.2) is 0 Å². The van der Waals surface area contributed by atoms with Crippen molar-refractivity contribution >= 4 is 0 Å². The zero-order valence-electron chi connectivity index (χ0n) is 9.92. The minimum Gasteiger partial charge on any atom is -0.261 e. The molecule has 0 fully saturated rings. The Labute approximate surface area is 92.9 Å². The van der Waals surface area contributed by atoms with Gasteiger partial charge < -0.3 is 0 Å². The van der Waals surface area contributed by atoms with Crippen molar-refractivity contribution < 1.29 is 0 Å². The molecule has 1 aromatic rings. The van der Waals surface area contributed by atoms with E-state index in [1.165, 1.54) is 49.8 Å². The monoisotopic (exact) mass is 203 g/mol. The second kappa shape index (κ2) is 4.78. The molecule has 0 aliphatic heterocycles. The number of hydrogen-bond acceptors (Lipinski definition) is 1. The molecule has 0 unspecified atom stereocenters. The van der Waals surface area contributed by atoms with Crippen LogP contribution in [0.25, 0.3) is 0 Å². The molecule has 0 saturated heterocycles. The molecular formula is C14H21N. The Morgan fingerprint density at radius 1 is 1.00 bits per heavy atom. The fraction of sp³-hybridized carbons (Fsp3) is 0.643. The fourth-order valence-electron chi connectivity index (χ4n) is 2.30. The highest BCUT2D eigenvalue weighted by molar-refractivity contribution is 5.28. The molecule has 1 heterocycles. The van der Waals surface area contributed by atoms with Crippen molar-refractivity contribution in [1.29, 1.82) is 0 Å². The minimum absolute atomic E-state index is 0.556. The third kappa shape index (κ3) is 2.58. The summed E-state index contributed by atoms with van der Waals surface area (Å²) in [6.45, 7) is 4.44. The maximum absolute atomic E-state index is 4.56. The molecule has 1 aliphatic rings. The van der Waals surface area contributed by atoms with E-state index in [2.05, 4.69) is 31.1 Å². The molecule has 1 heteroatoms. The van der Waals surface area contributed by atoms with Gasteiger partial charge in [-0.25, -0.2) is 0 Å². The summed E-state index contributed by atoms with van der Waals surface area (Å²) in [7, 11) is 0. The number of rotatable bonds is 1. The van der Waals surface area contributed by atoms with Crippen LogP contribution in [0.15, 0.2) is 12.3 Å². The summed E-state index contributed by atoms with van der Waals surface area (Å²) in [4.78, 5) is 4.56. The van der Waals surface area contributed by atoms with Gasteiger partial charge in [-0.2, -0.15) is 0 Å². The van der Waals surface area contributed by atoms with Crippen LogP contribution in [0.4, 0.5) is 0 Å². The van der Waals surface area contributed by atoms with Gasteiger partial charge >= 0.3 is 0 Å². The Bertz CT molecular complexity index is 328. The summed E-state index contributed by atoms with van der Waals surface area (Å²) in [6, 6.07) is 2.34. The number of aryl methyl sites for hydroxylation is 2. The van der Waals surface area contributed by atoms with Crippen LogP contribution < -0.4 is 0 Å².